The number of aliphatic hydroxyl groups is 1. The number of nitrogens with zero attached hydrogens (tertiary/aromatic N) is 1. The van der Waals surface area contributed by atoms with Gasteiger partial charge in [0.05, 0.1) is 6.26 Å². The first kappa shape index (κ1) is 37.1. The number of ketones is 1. The third-order valence-corrected chi connectivity index (χ3v) is 10.4. The summed E-state index contributed by atoms with van der Waals surface area (Å²) in [5.41, 5.74) is 4.92. The van der Waals surface area contributed by atoms with Gasteiger partial charge in [0, 0.05) is 65.1 Å². The van der Waals surface area contributed by atoms with Crippen LogP contribution in [-0.4, -0.2) is 15.9 Å². The molecule has 0 aliphatic carbocycles. The Kier molecular flexibility index (Phi) is 11.1. The normalized spacial score (nSPS) is 12.7. The summed E-state index contributed by atoms with van der Waals surface area (Å²) in [4.78, 5) is 16.9. The van der Waals surface area contributed by atoms with Crippen molar-refractivity contribution in [1.29, 1.82) is 0 Å². The van der Waals surface area contributed by atoms with Gasteiger partial charge in [0.1, 0.15) is 22.5 Å². The summed E-state index contributed by atoms with van der Waals surface area (Å²) >= 11 is 0. The van der Waals surface area contributed by atoms with Gasteiger partial charge < -0.3 is 13.9 Å². The minimum absolute atomic E-state index is 0. The minimum Gasteiger partial charge on any atom is -0.512 e. The smallest absolute Gasteiger partial charge is 0.164 e. The van der Waals surface area contributed by atoms with E-state index in [0.717, 1.165) is 75.2 Å². The summed E-state index contributed by atoms with van der Waals surface area (Å²) < 4.78 is 11.9. The van der Waals surface area contributed by atoms with Gasteiger partial charge in [-0.05, 0) is 55.4 Å². The number of benzene rings is 3. The quantitative estimate of drug-likeness (QED) is 0.0940. The molecule has 6 aromatic rings. The van der Waals surface area contributed by atoms with Crippen molar-refractivity contribution >= 4 is 49.5 Å². The number of aromatic nitrogens is 1. The molecule has 3 heterocycles. The van der Waals surface area contributed by atoms with Crippen LogP contribution in [0.1, 0.15) is 93.6 Å². The number of carbonyl (C=O) groups is 1. The molecule has 5 nitrogen and oxygen atoms in total. The fraction of sp³-hybridized carbons (Fsp3) is 0.381. The predicted molar refractivity (Wildman–Crippen MR) is 195 cm³/mol. The van der Waals surface area contributed by atoms with E-state index in [-0.39, 0.29) is 47.9 Å². The molecule has 6 rings (SSSR count). The summed E-state index contributed by atoms with van der Waals surface area (Å²) in [5, 5.41) is 15.6. The molecule has 3 aromatic carbocycles. The molecule has 48 heavy (non-hydrogen) atoms. The fourth-order valence-electron chi connectivity index (χ4n) is 6.01. The number of hydrogen-bond donors (Lipinski definition) is 1. The van der Waals surface area contributed by atoms with Gasteiger partial charge in [0.2, 0.25) is 0 Å². The van der Waals surface area contributed by atoms with Crippen LogP contribution in [0.5, 0.6) is 0 Å². The van der Waals surface area contributed by atoms with E-state index in [9.17, 15) is 9.90 Å². The van der Waals surface area contributed by atoms with Crippen molar-refractivity contribution in [3.8, 4) is 11.3 Å². The third kappa shape index (κ3) is 7.02. The minimum atomic E-state index is -0.337. The van der Waals surface area contributed by atoms with Crippen molar-refractivity contribution in [1.82, 2.24) is 4.98 Å². The number of aliphatic hydroxyl groups excluding tert-OH is 1. The first-order chi connectivity index (χ1) is 22.3. The monoisotopic (exact) mass is 823 g/mol. The number of hydrogen-bond acceptors (Lipinski definition) is 5. The second-order valence-corrected chi connectivity index (χ2v) is 14.3. The average Bonchev–Trinajstić information content (AvgIpc) is 3.69. The van der Waals surface area contributed by atoms with Crippen LogP contribution in [0.3, 0.4) is 0 Å². The average molecular weight is 823 g/mol. The Morgan fingerprint density at radius 2 is 1.50 bits per heavy atom. The predicted octanol–water partition coefficient (Wildman–Crippen LogP) is 12.3. The molecular weight excluding hydrogens is 775 g/mol. The maximum Gasteiger partial charge on any atom is 0.164 e. The molecule has 255 valence electrons. The van der Waals surface area contributed by atoms with Crippen molar-refractivity contribution in [2.45, 2.75) is 93.4 Å². The van der Waals surface area contributed by atoms with Gasteiger partial charge in [-0.1, -0.05) is 91.5 Å². The molecule has 0 bridgehead atoms. The van der Waals surface area contributed by atoms with Crippen molar-refractivity contribution in [2.24, 2.45) is 10.8 Å². The summed E-state index contributed by atoms with van der Waals surface area (Å²) in [6.07, 6.45) is 8.31. The maximum absolute atomic E-state index is 12.2. The number of fused-ring (bicyclic) bond motifs is 5. The Morgan fingerprint density at radius 1 is 0.833 bits per heavy atom. The summed E-state index contributed by atoms with van der Waals surface area (Å²) in [5.74, 6) is 0.286. The summed E-state index contributed by atoms with van der Waals surface area (Å²) in [6, 6.07) is 22.2. The Labute approximate surface area is 298 Å². The third-order valence-electron chi connectivity index (χ3n) is 10.4. The van der Waals surface area contributed by atoms with Gasteiger partial charge in [-0.15, -0.1) is 29.1 Å². The van der Waals surface area contributed by atoms with E-state index in [1.54, 1.807) is 6.26 Å². The number of allylic oxidation sites excluding steroid dienone is 2. The van der Waals surface area contributed by atoms with Crippen LogP contribution in [0.4, 0.5) is 0 Å². The van der Waals surface area contributed by atoms with Crippen LogP contribution >= 0.6 is 0 Å². The molecule has 0 unspecified atom stereocenters. The Bertz CT molecular complexity index is 2080. The SMILES string of the molecule is CC(C)(C)c1cc(-c2nccc3c2oc2cc4ccoc4cc23)[c-]c2ccccc12.CCC(C)(CC)C(=O)/C=C(\O)C(C)(CC)CC.[Ir]. The second-order valence-electron chi connectivity index (χ2n) is 14.3. The Hall–Kier alpha value is -3.73. The molecule has 0 aliphatic heterocycles. The van der Waals surface area contributed by atoms with E-state index in [0.29, 0.717) is 0 Å². The summed E-state index contributed by atoms with van der Waals surface area (Å²) in [6.45, 7) is 18.8. The van der Waals surface area contributed by atoms with Crippen LogP contribution in [0.15, 0.2) is 87.7 Å². The number of carbonyl (C=O) groups excluding carboxylic acids is 1. The van der Waals surface area contributed by atoms with Gasteiger partial charge in [0.25, 0.3) is 0 Å². The standard InChI is InChI=1S/C27H20NO2.C15H28O2.Ir/c1-27(2,3)22-13-18(12-16-6-4-5-7-19(16)22)25-26-20(8-10-28-25)21-15-23-17(9-11-29-23)14-24(21)30-26;1-7-14(5,8-2)12(16)11-13(17)15(6,9-3)10-4;/h4-11,13-15H,1-3H3;11,16H,7-10H2,1-6H3;/q-1;;/b;12-11-;. The van der Waals surface area contributed by atoms with E-state index in [4.69, 9.17) is 13.8 Å². The van der Waals surface area contributed by atoms with E-state index < -0.39 is 0 Å². The van der Waals surface area contributed by atoms with Crippen molar-refractivity contribution in [2.75, 3.05) is 0 Å². The van der Waals surface area contributed by atoms with Gasteiger partial charge in [-0.25, -0.2) is 0 Å². The van der Waals surface area contributed by atoms with Crippen LogP contribution in [0.2, 0.25) is 0 Å². The van der Waals surface area contributed by atoms with E-state index in [2.05, 4.69) is 57.2 Å². The van der Waals surface area contributed by atoms with Crippen LogP contribution in [0, 0.1) is 16.9 Å². The van der Waals surface area contributed by atoms with Crippen molar-refractivity contribution in [3.05, 3.63) is 90.5 Å². The van der Waals surface area contributed by atoms with Crippen LogP contribution in [0.25, 0.3) is 54.9 Å². The fourth-order valence-corrected chi connectivity index (χ4v) is 6.01. The molecule has 0 spiro atoms. The van der Waals surface area contributed by atoms with Crippen molar-refractivity contribution in [3.63, 3.8) is 0 Å². The molecule has 6 heteroatoms. The zero-order valence-corrected chi connectivity index (χ0v) is 32.1. The first-order valence-corrected chi connectivity index (χ1v) is 16.9. The van der Waals surface area contributed by atoms with E-state index in [1.807, 2.05) is 72.0 Å². The zero-order valence-electron chi connectivity index (χ0n) is 29.7. The number of pyridine rings is 1. The Balaban J connectivity index is 0.000000251. The molecule has 0 atom stereocenters. The zero-order chi connectivity index (χ0) is 34.1. The maximum atomic E-state index is 12.2. The van der Waals surface area contributed by atoms with Crippen molar-refractivity contribution < 1.29 is 38.8 Å². The molecular formula is C42H48IrNO4-. The van der Waals surface area contributed by atoms with E-state index >= 15 is 0 Å². The number of rotatable bonds is 8. The molecule has 1 radical (unpaired) electrons. The van der Waals surface area contributed by atoms with E-state index in [1.165, 1.54) is 17.0 Å². The second kappa shape index (κ2) is 14.4. The Morgan fingerprint density at radius 3 is 2.15 bits per heavy atom. The molecule has 0 amide bonds. The molecule has 3 aromatic heterocycles. The van der Waals surface area contributed by atoms with Crippen LogP contribution in [-0.2, 0) is 30.3 Å². The van der Waals surface area contributed by atoms with Gasteiger partial charge >= 0.3 is 0 Å². The van der Waals surface area contributed by atoms with Crippen LogP contribution < -0.4 is 0 Å². The molecule has 1 N–H and O–H groups in total. The molecule has 0 saturated heterocycles. The largest absolute Gasteiger partial charge is 0.512 e. The molecule has 0 aliphatic rings. The first-order valence-electron chi connectivity index (χ1n) is 16.9. The van der Waals surface area contributed by atoms with Gasteiger partial charge in [0.15, 0.2) is 5.78 Å². The molecule has 0 saturated carbocycles. The summed E-state index contributed by atoms with van der Waals surface area (Å²) in [7, 11) is 0. The van der Waals surface area contributed by atoms with Gasteiger partial charge in [-0.2, -0.15) is 0 Å². The topological polar surface area (TPSA) is 76.5 Å². The molecule has 0 fully saturated rings. The number of furan rings is 2. The van der Waals surface area contributed by atoms with Gasteiger partial charge in [-0.3, -0.25) is 9.78 Å².